The molecule has 0 saturated carbocycles. The second kappa shape index (κ2) is 4.83. The minimum atomic E-state index is 0.455. The molecule has 0 amide bonds. The third-order valence-electron chi connectivity index (χ3n) is 1.16. The number of hydrogen-bond donors (Lipinski definition) is 1. The molecule has 0 bridgehead atoms. The number of allylic oxidation sites excluding steroid dienone is 2. The van der Waals surface area contributed by atoms with Crippen LogP contribution in [0.15, 0.2) is 24.1 Å². The van der Waals surface area contributed by atoms with Gasteiger partial charge in [0.1, 0.15) is 5.76 Å². The van der Waals surface area contributed by atoms with E-state index in [2.05, 4.69) is 25.7 Å². The Morgan fingerprint density at radius 2 is 2.09 bits per heavy atom. The molecule has 0 heterocycles. The molecule has 0 aliphatic heterocycles. The van der Waals surface area contributed by atoms with E-state index in [0.717, 1.165) is 5.70 Å². The molecule has 0 rings (SSSR count). The van der Waals surface area contributed by atoms with E-state index in [1.807, 2.05) is 13.0 Å². The van der Waals surface area contributed by atoms with Gasteiger partial charge in [0.15, 0.2) is 0 Å². The summed E-state index contributed by atoms with van der Waals surface area (Å²) < 4.78 is 4.89. The maximum atomic E-state index is 4.89. The Labute approximate surface area is 68.9 Å². The van der Waals surface area contributed by atoms with E-state index in [0.29, 0.717) is 11.8 Å². The summed E-state index contributed by atoms with van der Waals surface area (Å²) in [6, 6.07) is 0.455. The molecule has 0 fully saturated rings. The molecule has 0 radical (unpaired) electrons. The van der Waals surface area contributed by atoms with Gasteiger partial charge in [0, 0.05) is 11.7 Å². The van der Waals surface area contributed by atoms with Gasteiger partial charge in [0.05, 0.1) is 7.11 Å². The van der Waals surface area contributed by atoms with Crippen molar-refractivity contribution in [2.45, 2.75) is 26.8 Å². The van der Waals surface area contributed by atoms with Crippen LogP contribution in [0.1, 0.15) is 20.8 Å². The predicted octanol–water partition coefficient (Wildman–Crippen LogP) is 2.05. The topological polar surface area (TPSA) is 21.3 Å². The van der Waals surface area contributed by atoms with Gasteiger partial charge in [-0.15, -0.1) is 0 Å². The third kappa shape index (κ3) is 5.52. The van der Waals surface area contributed by atoms with E-state index in [9.17, 15) is 0 Å². The van der Waals surface area contributed by atoms with Crippen molar-refractivity contribution < 1.29 is 4.74 Å². The fourth-order valence-corrected chi connectivity index (χ4v) is 0.797. The number of nitrogens with one attached hydrogen (secondary N) is 1. The van der Waals surface area contributed by atoms with Crippen molar-refractivity contribution in [2.75, 3.05) is 7.11 Å². The van der Waals surface area contributed by atoms with Crippen LogP contribution in [0.5, 0.6) is 0 Å². The van der Waals surface area contributed by atoms with Crippen LogP contribution in [0.25, 0.3) is 0 Å². The Bertz CT molecular complexity index is 159. The van der Waals surface area contributed by atoms with Crippen LogP contribution in [-0.2, 0) is 4.74 Å². The summed E-state index contributed by atoms with van der Waals surface area (Å²) in [6.07, 6.45) is 1.88. The van der Waals surface area contributed by atoms with Crippen molar-refractivity contribution in [3.05, 3.63) is 24.1 Å². The van der Waals surface area contributed by atoms with Gasteiger partial charge in [-0.05, 0) is 26.8 Å². The number of rotatable bonds is 4. The highest BCUT2D eigenvalue weighted by Gasteiger charge is 1.92. The first kappa shape index (κ1) is 10.1. The molecule has 0 aromatic heterocycles. The van der Waals surface area contributed by atoms with E-state index in [-0.39, 0.29) is 0 Å². The zero-order valence-electron chi connectivity index (χ0n) is 7.77. The van der Waals surface area contributed by atoms with E-state index in [4.69, 9.17) is 4.74 Å². The molecule has 1 N–H and O–H groups in total. The first-order valence-corrected chi connectivity index (χ1v) is 3.74. The van der Waals surface area contributed by atoms with Gasteiger partial charge in [-0.1, -0.05) is 6.58 Å². The predicted molar refractivity (Wildman–Crippen MR) is 48.2 cm³/mol. The molecule has 0 aliphatic carbocycles. The monoisotopic (exact) mass is 155 g/mol. The van der Waals surface area contributed by atoms with E-state index in [1.54, 1.807) is 7.11 Å². The maximum Gasteiger partial charge on any atom is 0.113 e. The van der Waals surface area contributed by atoms with Crippen LogP contribution < -0.4 is 5.32 Å². The summed E-state index contributed by atoms with van der Waals surface area (Å²) in [6.45, 7) is 9.85. The zero-order valence-corrected chi connectivity index (χ0v) is 7.77. The Morgan fingerprint density at radius 3 is 2.45 bits per heavy atom. The average molecular weight is 155 g/mol. The Morgan fingerprint density at radius 1 is 1.55 bits per heavy atom. The lowest BCUT2D eigenvalue weighted by Gasteiger charge is -2.10. The van der Waals surface area contributed by atoms with Gasteiger partial charge < -0.3 is 10.1 Å². The van der Waals surface area contributed by atoms with Crippen LogP contribution in [0, 0.1) is 0 Å². The Hall–Kier alpha value is -0.920. The van der Waals surface area contributed by atoms with Gasteiger partial charge in [-0.2, -0.15) is 0 Å². The SMILES string of the molecule is C=C(/C=C(\C)NC(C)C)OC. The first-order chi connectivity index (χ1) is 5.06. The fourth-order valence-electron chi connectivity index (χ4n) is 0.797. The van der Waals surface area contributed by atoms with Crippen molar-refractivity contribution in [2.24, 2.45) is 0 Å². The highest BCUT2D eigenvalue weighted by atomic mass is 16.5. The zero-order chi connectivity index (χ0) is 8.85. The number of methoxy groups -OCH3 is 1. The van der Waals surface area contributed by atoms with Crippen LogP contribution in [-0.4, -0.2) is 13.2 Å². The number of hydrogen-bond acceptors (Lipinski definition) is 2. The lowest BCUT2D eigenvalue weighted by atomic mass is 10.3. The smallest absolute Gasteiger partial charge is 0.113 e. The van der Waals surface area contributed by atoms with Crippen LogP contribution in [0.2, 0.25) is 0 Å². The lowest BCUT2D eigenvalue weighted by Crippen LogP contribution is -2.20. The second-order valence-corrected chi connectivity index (χ2v) is 2.80. The number of ether oxygens (including phenoxy) is 1. The quantitative estimate of drug-likeness (QED) is 0.495. The minimum absolute atomic E-state index is 0.455. The average Bonchev–Trinajstić information content (AvgIpc) is 1.85. The molecule has 0 aromatic rings. The molecular weight excluding hydrogens is 138 g/mol. The van der Waals surface area contributed by atoms with Crippen molar-refractivity contribution in [3.63, 3.8) is 0 Å². The first-order valence-electron chi connectivity index (χ1n) is 3.74. The molecule has 2 heteroatoms. The highest BCUT2D eigenvalue weighted by Crippen LogP contribution is 1.98. The Balaban J connectivity index is 3.90. The van der Waals surface area contributed by atoms with Crippen molar-refractivity contribution in [1.82, 2.24) is 5.32 Å². The molecule has 11 heavy (non-hydrogen) atoms. The second-order valence-electron chi connectivity index (χ2n) is 2.80. The lowest BCUT2D eigenvalue weighted by molar-refractivity contribution is 0.308. The molecular formula is C9H17NO. The molecule has 0 saturated heterocycles. The minimum Gasteiger partial charge on any atom is -0.497 e. The van der Waals surface area contributed by atoms with Crippen LogP contribution in [0.4, 0.5) is 0 Å². The molecule has 0 aliphatic rings. The summed E-state index contributed by atoms with van der Waals surface area (Å²) in [5.41, 5.74) is 1.08. The molecule has 2 nitrogen and oxygen atoms in total. The summed E-state index contributed by atoms with van der Waals surface area (Å²) in [5, 5.41) is 3.23. The largest absolute Gasteiger partial charge is 0.497 e. The molecule has 0 unspecified atom stereocenters. The van der Waals surface area contributed by atoms with Gasteiger partial charge in [0.25, 0.3) is 0 Å². The van der Waals surface area contributed by atoms with E-state index in [1.165, 1.54) is 0 Å². The summed E-state index contributed by atoms with van der Waals surface area (Å²) in [5.74, 6) is 0.677. The Kier molecular flexibility index (Phi) is 4.42. The summed E-state index contributed by atoms with van der Waals surface area (Å²) in [7, 11) is 1.61. The maximum absolute atomic E-state index is 4.89. The van der Waals surface area contributed by atoms with Crippen LogP contribution in [0.3, 0.4) is 0 Å². The van der Waals surface area contributed by atoms with Gasteiger partial charge in [-0.3, -0.25) is 0 Å². The van der Waals surface area contributed by atoms with Gasteiger partial charge in [-0.25, -0.2) is 0 Å². The standard InChI is InChI=1S/C9H17NO/c1-7(2)10-8(3)6-9(4)11-5/h6-7,10H,4H2,1-3,5H3/b8-6+. The normalized spacial score (nSPS) is 11.5. The molecule has 64 valence electrons. The van der Waals surface area contributed by atoms with Gasteiger partial charge in [0.2, 0.25) is 0 Å². The van der Waals surface area contributed by atoms with E-state index < -0.39 is 0 Å². The van der Waals surface area contributed by atoms with Crippen molar-refractivity contribution >= 4 is 0 Å². The molecule has 0 atom stereocenters. The third-order valence-corrected chi connectivity index (χ3v) is 1.16. The summed E-state index contributed by atoms with van der Waals surface area (Å²) >= 11 is 0. The van der Waals surface area contributed by atoms with Gasteiger partial charge >= 0.3 is 0 Å². The van der Waals surface area contributed by atoms with Crippen molar-refractivity contribution in [1.29, 1.82) is 0 Å². The van der Waals surface area contributed by atoms with E-state index >= 15 is 0 Å². The molecule has 0 aromatic carbocycles. The van der Waals surface area contributed by atoms with Crippen LogP contribution >= 0.6 is 0 Å². The fraction of sp³-hybridized carbons (Fsp3) is 0.556. The highest BCUT2D eigenvalue weighted by molar-refractivity contribution is 5.12. The van der Waals surface area contributed by atoms with Crippen molar-refractivity contribution in [3.8, 4) is 0 Å². The summed E-state index contributed by atoms with van der Waals surface area (Å²) in [4.78, 5) is 0. The molecule has 0 spiro atoms.